The Morgan fingerprint density at radius 3 is 2.39 bits per heavy atom. The molecule has 0 bridgehead atoms. The highest BCUT2D eigenvalue weighted by Crippen LogP contribution is 2.24. The van der Waals surface area contributed by atoms with Crippen molar-refractivity contribution < 1.29 is 24.6 Å². The Morgan fingerprint density at radius 1 is 1.04 bits per heavy atom. The van der Waals surface area contributed by atoms with Crippen molar-refractivity contribution in [2.24, 2.45) is 5.73 Å². The van der Waals surface area contributed by atoms with Crippen LogP contribution in [-0.4, -0.2) is 40.5 Å². The van der Waals surface area contributed by atoms with Gasteiger partial charge in [-0.3, -0.25) is 14.4 Å². The van der Waals surface area contributed by atoms with Crippen LogP contribution in [0.15, 0.2) is 18.2 Å². The molecule has 0 spiro atoms. The zero-order valence-corrected chi connectivity index (χ0v) is 16.4. The van der Waals surface area contributed by atoms with Gasteiger partial charge < -0.3 is 26.6 Å². The lowest BCUT2D eigenvalue weighted by Gasteiger charge is -2.15. The SMILES string of the molecule is CCCCCCCC(=O)N[C@H](CC(=O)NCCc1ccc(O)c(O)c1)C(N)=O. The van der Waals surface area contributed by atoms with Gasteiger partial charge in [0.25, 0.3) is 0 Å². The number of rotatable bonds is 13. The van der Waals surface area contributed by atoms with Gasteiger partial charge in [-0.15, -0.1) is 0 Å². The van der Waals surface area contributed by atoms with Gasteiger partial charge in [-0.2, -0.15) is 0 Å². The molecule has 1 aromatic carbocycles. The van der Waals surface area contributed by atoms with Crippen LogP contribution < -0.4 is 16.4 Å². The first kappa shape index (κ1) is 23.3. The Hall–Kier alpha value is -2.77. The van der Waals surface area contributed by atoms with Gasteiger partial charge in [-0.25, -0.2) is 0 Å². The number of hydrogen-bond donors (Lipinski definition) is 5. The maximum Gasteiger partial charge on any atom is 0.240 e. The molecule has 28 heavy (non-hydrogen) atoms. The van der Waals surface area contributed by atoms with Crippen LogP contribution in [-0.2, 0) is 20.8 Å². The number of benzene rings is 1. The number of hydrogen-bond acceptors (Lipinski definition) is 5. The van der Waals surface area contributed by atoms with Crippen LogP contribution in [0.1, 0.15) is 57.4 Å². The van der Waals surface area contributed by atoms with Gasteiger partial charge >= 0.3 is 0 Å². The largest absolute Gasteiger partial charge is 0.504 e. The predicted octanol–water partition coefficient (Wildman–Crippen LogP) is 1.48. The van der Waals surface area contributed by atoms with Crippen molar-refractivity contribution in [2.45, 2.75) is 64.3 Å². The lowest BCUT2D eigenvalue weighted by molar-refractivity contribution is -0.130. The fourth-order valence-corrected chi connectivity index (χ4v) is 2.71. The summed E-state index contributed by atoms with van der Waals surface area (Å²) in [6.45, 7) is 2.39. The van der Waals surface area contributed by atoms with Gasteiger partial charge in [0.05, 0.1) is 6.42 Å². The zero-order chi connectivity index (χ0) is 20.9. The van der Waals surface area contributed by atoms with Gasteiger partial charge in [0.2, 0.25) is 17.7 Å². The number of phenols is 2. The molecule has 0 radical (unpaired) electrons. The highest BCUT2D eigenvalue weighted by Gasteiger charge is 2.21. The summed E-state index contributed by atoms with van der Waals surface area (Å²) in [5.41, 5.74) is 6.03. The minimum Gasteiger partial charge on any atom is -0.504 e. The van der Waals surface area contributed by atoms with E-state index in [1.165, 1.54) is 12.1 Å². The van der Waals surface area contributed by atoms with Crippen LogP contribution in [0, 0.1) is 0 Å². The van der Waals surface area contributed by atoms with Gasteiger partial charge in [-0.05, 0) is 30.5 Å². The second kappa shape index (κ2) is 12.6. The van der Waals surface area contributed by atoms with E-state index in [2.05, 4.69) is 17.6 Å². The van der Waals surface area contributed by atoms with E-state index in [1.54, 1.807) is 6.07 Å². The molecule has 0 aromatic heterocycles. The summed E-state index contributed by atoms with van der Waals surface area (Å²) in [5.74, 6) is -1.88. The Kier molecular flexibility index (Phi) is 10.5. The molecule has 0 heterocycles. The monoisotopic (exact) mass is 393 g/mol. The second-order valence-corrected chi connectivity index (χ2v) is 6.81. The molecular formula is C20H31N3O5. The minimum absolute atomic E-state index is 0.210. The van der Waals surface area contributed by atoms with Crippen molar-refractivity contribution >= 4 is 17.7 Å². The predicted molar refractivity (Wildman–Crippen MR) is 106 cm³/mol. The number of unbranched alkanes of at least 4 members (excludes halogenated alkanes) is 4. The summed E-state index contributed by atoms with van der Waals surface area (Å²) < 4.78 is 0. The first-order chi connectivity index (χ1) is 13.3. The first-order valence-electron chi connectivity index (χ1n) is 9.69. The van der Waals surface area contributed by atoms with E-state index < -0.39 is 17.9 Å². The number of phenolic OH excluding ortho intramolecular Hbond substituents is 2. The van der Waals surface area contributed by atoms with Crippen molar-refractivity contribution in [1.82, 2.24) is 10.6 Å². The second-order valence-electron chi connectivity index (χ2n) is 6.81. The number of amides is 3. The smallest absolute Gasteiger partial charge is 0.240 e. The third kappa shape index (κ3) is 9.25. The van der Waals surface area contributed by atoms with Gasteiger partial charge in [-0.1, -0.05) is 38.7 Å². The molecular weight excluding hydrogens is 362 g/mol. The van der Waals surface area contributed by atoms with Crippen LogP contribution in [0.3, 0.4) is 0 Å². The van der Waals surface area contributed by atoms with Gasteiger partial charge in [0.1, 0.15) is 6.04 Å². The quantitative estimate of drug-likeness (QED) is 0.255. The summed E-state index contributed by atoms with van der Waals surface area (Å²) in [4.78, 5) is 35.5. The highest BCUT2D eigenvalue weighted by molar-refractivity contribution is 5.91. The van der Waals surface area contributed by atoms with Crippen LogP contribution in [0.5, 0.6) is 11.5 Å². The summed E-state index contributed by atoms with van der Waals surface area (Å²) in [7, 11) is 0. The number of nitrogens with one attached hydrogen (secondary N) is 2. The number of nitrogens with two attached hydrogens (primary N) is 1. The number of primary amides is 1. The topological polar surface area (TPSA) is 142 Å². The molecule has 0 saturated carbocycles. The number of carbonyl (C=O) groups excluding carboxylic acids is 3. The van der Waals surface area contributed by atoms with Crippen LogP contribution in [0.2, 0.25) is 0 Å². The third-order valence-electron chi connectivity index (χ3n) is 4.35. The molecule has 0 aliphatic rings. The van der Waals surface area contributed by atoms with Crippen LogP contribution >= 0.6 is 0 Å². The molecule has 0 unspecified atom stereocenters. The molecule has 0 aliphatic heterocycles. The highest BCUT2D eigenvalue weighted by atomic mass is 16.3. The molecule has 8 nitrogen and oxygen atoms in total. The van der Waals surface area contributed by atoms with E-state index in [0.29, 0.717) is 12.8 Å². The lowest BCUT2D eigenvalue weighted by Crippen LogP contribution is -2.47. The number of aromatic hydroxyl groups is 2. The Labute approximate surface area is 165 Å². The molecule has 1 atom stereocenters. The molecule has 0 fully saturated rings. The summed E-state index contributed by atoms with van der Waals surface area (Å²) in [6, 6.07) is 3.37. The van der Waals surface area contributed by atoms with Gasteiger partial charge in [0.15, 0.2) is 11.5 Å². The number of carbonyl (C=O) groups is 3. The fraction of sp³-hybridized carbons (Fsp3) is 0.550. The van der Waals surface area contributed by atoms with E-state index in [-0.39, 0.29) is 30.4 Å². The van der Waals surface area contributed by atoms with E-state index >= 15 is 0 Å². The van der Waals surface area contributed by atoms with E-state index in [9.17, 15) is 24.6 Å². The Bertz CT molecular complexity index is 663. The van der Waals surface area contributed by atoms with Crippen molar-refractivity contribution in [3.8, 4) is 11.5 Å². The van der Waals surface area contributed by atoms with Crippen molar-refractivity contribution in [3.05, 3.63) is 23.8 Å². The van der Waals surface area contributed by atoms with E-state index in [0.717, 1.165) is 37.7 Å². The summed E-state index contributed by atoms with van der Waals surface area (Å²) in [6.07, 6.45) is 5.54. The minimum atomic E-state index is -1.04. The molecule has 3 amide bonds. The Balaban J connectivity index is 2.35. The Morgan fingerprint density at radius 2 is 1.75 bits per heavy atom. The van der Waals surface area contributed by atoms with Gasteiger partial charge in [0, 0.05) is 13.0 Å². The summed E-state index contributed by atoms with van der Waals surface area (Å²) in [5, 5.41) is 23.9. The zero-order valence-electron chi connectivity index (χ0n) is 16.4. The fourth-order valence-electron chi connectivity index (χ4n) is 2.71. The maximum absolute atomic E-state index is 12.0. The average Bonchev–Trinajstić information content (AvgIpc) is 2.64. The van der Waals surface area contributed by atoms with Crippen molar-refractivity contribution in [3.63, 3.8) is 0 Å². The lowest BCUT2D eigenvalue weighted by atomic mass is 10.1. The molecule has 1 rings (SSSR count). The normalized spacial score (nSPS) is 11.6. The van der Waals surface area contributed by atoms with Crippen molar-refractivity contribution in [1.29, 1.82) is 0 Å². The third-order valence-corrected chi connectivity index (χ3v) is 4.35. The molecule has 6 N–H and O–H groups in total. The van der Waals surface area contributed by atoms with Crippen molar-refractivity contribution in [2.75, 3.05) is 6.54 Å². The van der Waals surface area contributed by atoms with Crippen LogP contribution in [0.25, 0.3) is 0 Å². The maximum atomic E-state index is 12.0. The molecule has 0 saturated heterocycles. The molecule has 0 aliphatic carbocycles. The molecule has 156 valence electrons. The molecule has 1 aromatic rings. The average molecular weight is 393 g/mol. The van der Waals surface area contributed by atoms with E-state index in [4.69, 9.17) is 5.73 Å². The van der Waals surface area contributed by atoms with Crippen LogP contribution in [0.4, 0.5) is 0 Å². The molecule has 8 heteroatoms. The summed E-state index contributed by atoms with van der Waals surface area (Å²) >= 11 is 0. The standard InChI is InChI=1S/C20H31N3O5/c1-2-3-4-5-6-7-18(26)23-15(20(21)28)13-19(27)22-11-10-14-8-9-16(24)17(25)12-14/h8-9,12,15,24-25H,2-7,10-11,13H2,1H3,(H2,21,28)(H,22,27)(H,23,26)/t15-/m1/s1. The first-order valence-corrected chi connectivity index (χ1v) is 9.69. The van der Waals surface area contributed by atoms with E-state index in [1.807, 2.05) is 0 Å².